The zero-order valence-corrected chi connectivity index (χ0v) is 28.9. The van der Waals surface area contributed by atoms with Gasteiger partial charge in [0.05, 0.1) is 182 Å². The number of hydrogen-bond acceptors (Lipinski definition) is 16. The molecule has 0 fully saturated rings. The molecule has 1 N–H and O–H groups in total. The third-order valence-electron chi connectivity index (χ3n) is 4.46. The van der Waals surface area contributed by atoms with Crippen LogP contribution in [0.15, 0.2) is 0 Å². The first kappa shape index (κ1) is 43.7. The Morgan fingerprint density at radius 3 is 0.750 bits per heavy atom. The molecule has 40 heavy (non-hydrogen) atoms. The molecule has 0 aromatic carbocycles. The smallest absolute Gasteiger partial charge is 0.338 e. The van der Waals surface area contributed by atoms with Gasteiger partial charge in [-0.3, -0.25) is 0 Å². The maximum absolute atomic E-state index is 14.9. The summed E-state index contributed by atoms with van der Waals surface area (Å²) in [4.78, 5) is 11.8. The topological polar surface area (TPSA) is 37.3 Å². The molecule has 0 saturated carbocycles. The molecule has 0 aliphatic rings. The lowest BCUT2D eigenvalue weighted by atomic mass is 10.0. The Hall–Kier alpha value is 3.67. The Bertz CT molecular complexity index is 769. The number of carboxylic acids is 1. The van der Waals surface area contributed by atoms with Crippen molar-refractivity contribution in [3.8, 4) is 0 Å². The van der Waals surface area contributed by atoms with Crippen LogP contribution in [-0.2, 0) is 4.79 Å². The first-order chi connectivity index (χ1) is 18.9. The Balaban J connectivity index is 8.83. The van der Waals surface area contributed by atoms with Crippen LogP contribution in [0, 0.1) is 0 Å². The van der Waals surface area contributed by atoms with Gasteiger partial charge in [-0.05, 0) is 0 Å². The maximum Gasteiger partial charge on any atom is 0.338 e. The van der Waals surface area contributed by atoms with Crippen LogP contribution in [0.1, 0.15) is 0 Å². The van der Waals surface area contributed by atoms with Gasteiger partial charge in [0.15, 0.2) is 20.4 Å². The molecule has 0 unspecified atom stereocenters. The highest BCUT2D eigenvalue weighted by Crippen LogP contribution is 2.85. The van der Waals surface area contributed by atoms with Gasteiger partial charge in [-0.15, -0.1) is 0 Å². The van der Waals surface area contributed by atoms with Crippen molar-refractivity contribution in [2.75, 3.05) is 0 Å². The molecule has 0 atom stereocenters. The molecular weight excluding hydrogens is 894 g/mol. The molecule has 0 amide bonds. The van der Waals surface area contributed by atoms with Crippen LogP contribution >= 0.6 is 182 Å². The van der Waals surface area contributed by atoms with E-state index in [2.05, 4.69) is 0 Å². The van der Waals surface area contributed by atoms with E-state index in [1.807, 2.05) is 0 Å². The number of aliphatic carboxylic acids is 1. The van der Waals surface area contributed by atoms with E-state index >= 15 is 0 Å². The number of carboxylic acid groups (broad SMARTS) is 1. The van der Waals surface area contributed by atoms with E-state index in [-0.39, 0.29) is 0 Å². The van der Waals surface area contributed by atoms with Gasteiger partial charge < -0.3 is 5.11 Å². The van der Waals surface area contributed by atoms with E-state index < -0.39 is 216 Å². The molecular formula is C8HF15O2S15. The third kappa shape index (κ3) is 5.84. The fraction of sp³-hybridized carbons (Fsp3) is 0.875. The SMILES string of the molecule is O=C(O)C(SF)(SF)C(SF)(SF)C(SF)(SF)C(SF)(SF)C(SF)(SF)C(SF)(SF)C(SF)(SF)SF. The van der Waals surface area contributed by atoms with E-state index in [0.717, 1.165) is 0 Å². The normalized spacial score (nSPS) is 14.6. The fourth-order valence-electron chi connectivity index (χ4n) is 2.64. The van der Waals surface area contributed by atoms with Crippen molar-refractivity contribution in [1.82, 2.24) is 0 Å². The highest BCUT2D eigenvalue weighted by atomic mass is 32.3. The van der Waals surface area contributed by atoms with E-state index in [9.17, 15) is 68.2 Å². The summed E-state index contributed by atoms with van der Waals surface area (Å²) < 4.78 is 183. The standard InChI is InChI=1S/C8HF15O2S15/c9-26-2(27-10,1(24)25)3(28-11,29-12)4(30-13,31-14)5(32-15,33-16)6(34-17,35-18)7(36-19,37-20)8(38-21,39-22)40-23/h(H,24,25). The lowest BCUT2D eigenvalue weighted by molar-refractivity contribution is -0.137. The van der Waals surface area contributed by atoms with Crippen LogP contribution in [-0.4, -0.2) is 39.0 Å². The maximum atomic E-state index is 14.9. The summed E-state index contributed by atoms with van der Waals surface area (Å²) in [6, 6.07) is 0. The van der Waals surface area contributed by atoms with Crippen molar-refractivity contribution in [3.63, 3.8) is 0 Å². The average Bonchev–Trinajstić information content (AvgIpc) is 3.00. The van der Waals surface area contributed by atoms with Crippen molar-refractivity contribution in [1.29, 1.82) is 0 Å². The van der Waals surface area contributed by atoms with Crippen LogP contribution in [0.25, 0.3) is 0 Å². The first-order valence-corrected chi connectivity index (χ1v) is 18.3. The summed E-state index contributed by atoms with van der Waals surface area (Å²) in [7, 11) is 0. The zero-order valence-electron chi connectivity index (χ0n) is 16.6. The molecule has 32 heteroatoms. The van der Waals surface area contributed by atoms with E-state index in [1.54, 1.807) is 0 Å². The van der Waals surface area contributed by atoms with Gasteiger partial charge >= 0.3 is 5.97 Å². The van der Waals surface area contributed by atoms with Gasteiger partial charge in [0.2, 0.25) is 3.41 Å². The van der Waals surface area contributed by atoms with Gasteiger partial charge in [-0.2, -0.15) is 58.3 Å². The monoisotopic (exact) mass is 894 g/mol. The average molecular weight is 895 g/mol. The zero-order chi connectivity index (χ0) is 31.7. The predicted molar refractivity (Wildman–Crippen MR) is 157 cm³/mol. The highest BCUT2D eigenvalue weighted by Gasteiger charge is 2.91. The molecule has 0 bridgehead atoms. The number of halogens is 15. The summed E-state index contributed by atoms with van der Waals surface area (Å²) in [5, 5.41) is 9.41. The van der Waals surface area contributed by atoms with E-state index in [1.165, 1.54) is 0 Å². The minimum absolute atomic E-state index is 1.82. The number of carbonyl (C=O) groups is 1. The minimum Gasteiger partial charge on any atom is -0.479 e. The first-order valence-electron chi connectivity index (χ1n) is 7.55. The molecule has 0 heterocycles. The molecule has 0 saturated heterocycles. The second kappa shape index (κ2) is 18.3. The van der Waals surface area contributed by atoms with Gasteiger partial charge in [0.25, 0.3) is 4.08 Å². The molecule has 2 nitrogen and oxygen atoms in total. The number of rotatable bonds is 22. The molecule has 0 rings (SSSR count). The fourth-order valence-corrected chi connectivity index (χ4v) is 15.9. The molecule has 0 aromatic heterocycles. The summed E-state index contributed by atoms with van der Waals surface area (Å²) in [5.41, 5.74) is 0. The van der Waals surface area contributed by atoms with Gasteiger partial charge in [0, 0.05) is 0 Å². The van der Waals surface area contributed by atoms with E-state index in [0.29, 0.717) is 0 Å². The van der Waals surface area contributed by atoms with Crippen molar-refractivity contribution in [2.24, 2.45) is 0 Å². The van der Waals surface area contributed by atoms with Gasteiger partial charge in [-0.1, -0.05) is 0 Å². The second-order valence-electron chi connectivity index (χ2n) is 5.72. The molecule has 0 aliphatic heterocycles. The third-order valence-corrected chi connectivity index (χ3v) is 22.4. The van der Waals surface area contributed by atoms with Crippen molar-refractivity contribution in [2.45, 2.75) is 27.9 Å². The van der Waals surface area contributed by atoms with Gasteiger partial charge in [0.1, 0.15) is 0 Å². The molecule has 0 radical (unpaired) electrons. The number of hydrogen-bond donors (Lipinski definition) is 1. The van der Waals surface area contributed by atoms with Crippen molar-refractivity contribution in [3.05, 3.63) is 0 Å². The minimum atomic E-state index is -5.08. The molecule has 0 aromatic rings. The van der Waals surface area contributed by atoms with Gasteiger partial charge in [-0.25, -0.2) is 4.79 Å². The van der Waals surface area contributed by atoms with Crippen molar-refractivity contribution >= 4 is 188 Å². The van der Waals surface area contributed by atoms with Crippen LogP contribution in [0.4, 0.5) is 58.3 Å². The lowest BCUT2D eigenvalue weighted by Gasteiger charge is -2.58. The largest absolute Gasteiger partial charge is 0.479 e. The van der Waals surface area contributed by atoms with Crippen molar-refractivity contribution < 1.29 is 68.2 Å². The second-order valence-corrected chi connectivity index (χ2v) is 19.5. The van der Waals surface area contributed by atoms with Crippen LogP contribution < -0.4 is 0 Å². The highest BCUT2D eigenvalue weighted by molar-refractivity contribution is 8.34. The molecule has 0 aliphatic carbocycles. The Kier molecular flexibility index (Phi) is 20.0. The quantitative estimate of drug-likeness (QED) is 0.0827. The molecule has 240 valence electrons. The predicted octanol–water partition coefficient (Wildman–Crippen LogP) is 14.2. The summed E-state index contributed by atoms with van der Waals surface area (Å²) in [5.74, 6) is -3.08. The Labute approximate surface area is 281 Å². The summed E-state index contributed by atoms with van der Waals surface area (Å²) >= 11 is -30.6. The molecule has 0 spiro atoms. The van der Waals surface area contributed by atoms with Crippen LogP contribution in [0.3, 0.4) is 0 Å². The summed E-state index contributed by atoms with van der Waals surface area (Å²) in [6.07, 6.45) is 0. The Morgan fingerprint density at radius 1 is 0.350 bits per heavy atom. The van der Waals surface area contributed by atoms with Crippen LogP contribution in [0.2, 0.25) is 0 Å². The Morgan fingerprint density at radius 2 is 0.575 bits per heavy atom. The van der Waals surface area contributed by atoms with Crippen LogP contribution in [0.5, 0.6) is 0 Å². The van der Waals surface area contributed by atoms with E-state index in [4.69, 9.17) is 0 Å². The summed E-state index contributed by atoms with van der Waals surface area (Å²) in [6.45, 7) is 0. The lowest BCUT2D eigenvalue weighted by Crippen LogP contribution is -2.74.